The predicted octanol–water partition coefficient (Wildman–Crippen LogP) is 1.27. The van der Waals surface area contributed by atoms with Gasteiger partial charge in [-0.05, 0) is 25.0 Å². The molecule has 2 atom stereocenters. The number of hydrogen-bond acceptors (Lipinski definition) is 4. The number of rotatable bonds is 3. The van der Waals surface area contributed by atoms with Gasteiger partial charge in [0.05, 0.1) is 12.0 Å². The van der Waals surface area contributed by atoms with Crippen LogP contribution in [0.2, 0.25) is 0 Å². The molecule has 0 radical (unpaired) electrons. The molecular weight excluding hydrogens is 254 g/mol. The molecule has 2 unspecified atom stereocenters. The number of anilines is 1. The van der Waals surface area contributed by atoms with Crippen molar-refractivity contribution in [3.8, 4) is 0 Å². The quantitative estimate of drug-likeness (QED) is 0.785. The molecule has 0 aliphatic carbocycles. The third kappa shape index (κ3) is 2.49. The Kier molecular flexibility index (Phi) is 3.37. The van der Waals surface area contributed by atoms with Gasteiger partial charge in [0.2, 0.25) is 5.91 Å². The molecule has 0 spiro atoms. The molecule has 0 fully saturated rings. The second-order valence-corrected chi connectivity index (χ2v) is 5.04. The molecule has 0 saturated heterocycles. The number of nitrogens with one attached hydrogen (secondary N) is 3. The third-order valence-electron chi connectivity index (χ3n) is 3.60. The van der Waals surface area contributed by atoms with Gasteiger partial charge in [-0.2, -0.15) is 5.10 Å². The van der Waals surface area contributed by atoms with Crippen LogP contribution in [0, 0.1) is 5.92 Å². The Labute approximate surface area is 117 Å². The molecule has 1 aliphatic heterocycles. The predicted molar refractivity (Wildman–Crippen MR) is 75.1 cm³/mol. The van der Waals surface area contributed by atoms with Gasteiger partial charge >= 0.3 is 0 Å². The first-order valence-corrected chi connectivity index (χ1v) is 6.71. The lowest BCUT2D eigenvalue weighted by Crippen LogP contribution is -2.39. The Bertz CT molecular complexity index is 595. The summed E-state index contributed by atoms with van der Waals surface area (Å²) in [5.41, 5.74) is 2.31. The molecule has 20 heavy (non-hydrogen) atoms. The number of fused-ring (bicyclic) bond motifs is 1. The van der Waals surface area contributed by atoms with Crippen LogP contribution in [0.4, 0.5) is 5.69 Å². The van der Waals surface area contributed by atoms with Gasteiger partial charge in [-0.15, -0.1) is 0 Å². The second-order valence-electron chi connectivity index (χ2n) is 5.04. The van der Waals surface area contributed by atoms with E-state index in [1.54, 1.807) is 0 Å². The van der Waals surface area contributed by atoms with Gasteiger partial charge in [0.15, 0.2) is 0 Å². The highest BCUT2D eigenvalue weighted by Crippen LogP contribution is 2.24. The fourth-order valence-corrected chi connectivity index (χ4v) is 2.45. The van der Waals surface area contributed by atoms with E-state index in [-0.39, 0.29) is 17.9 Å². The molecule has 104 valence electrons. The number of benzene rings is 1. The number of hydrogen-bond donors (Lipinski definition) is 3. The Morgan fingerprint density at radius 3 is 3.10 bits per heavy atom. The van der Waals surface area contributed by atoms with Crippen LogP contribution >= 0.6 is 0 Å². The van der Waals surface area contributed by atoms with Crippen LogP contribution in [0.15, 0.2) is 30.6 Å². The molecule has 1 aromatic heterocycles. The summed E-state index contributed by atoms with van der Waals surface area (Å²) in [4.78, 5) is 16.4. The van der Waals surface area contributed by atoms with Crippen LogP contribution in [0.1, 0.15) is 24.4 Å². The maximum Gasteiger partial charge on any atom is 0.225 e. The molecule has 0 saturated carbocycles. The number of carbonyl (C=O) groups is 1. The molecule has 1 aliphatic rings. The van der Waals surface area contributed by atoms with E-state index in [9.17, 15) is 4.79 Å². The van der Waals surface area contributed by atoms with E-state index in [1.807, 2.05) is 25.1 Å². The van der Waals surface area contributed by atoms with Crippen LogP contribution in [0.3, 0.4) is 0 Å². The summed E-state index contributed by atoms with van der Waals surface area (Å²) in [6.45, 7) is 2.55. The van der Waals surface area contributed by atoms with Crippen LogP contribution in [0.25, 0.3) is 0 Å². The topological polar surface area (TPSA) is 82.7 Å². The van der Waals surface area contributed by atoms with Crippen LogP contribution in [-0.2, 0) is 11.2 Å². The largest absolute Gasteiger partial charge is 0.384 e. The number of carbonyl (C=O) groups excluding carboxylic acids is 1. The van der Waals surface area contributed by atoms with Gasteiger partial charge in [0.1, 0.15) is 12.2 Å². The summed E-state index contributed by atoms with van der Waals surface area (Å²) in [5.74, 6) is 0.647. The summed E-state index contributed by atoms with van der Waals surface area (Å²) in [6.07, 6.45) is 2.20. The highest BCUT2D eigenvalue weighted by atomic mass is 16.2. The van der Waals surface area contributed by atoms with Crippen molar-refractivity contribution >= 4 is 11.6 Å². The van der Waals surface area contributed by atoms with E-state index in [2.05, 4.69) is 31.9 Å². The summed E-state index contributed by atoms with van der Waals surface area (Å²) in [5, 5.41) is 12.8. The van der Waals surface area contributed by atoms with Crippen molar-refractivity contribution in [1.29, 1.82) is 0 Å². The fraction of sp³-hybridized carbons (Fsp3) is 0.357. The average molecular weight is 271 g/mol. The van der Waals surface area contributed by atoms with Gasteiger partial charge in [-0.1, -0.05) is 18.2 Å². The zero-order chi connectivity index (χ0) is 13.9. The van der Waals surface area contributed by atoms with Gasteiger partial charge < -0.3 is 10.6 Å². The van der Waals surface area contributed by atoms with E-state index < -0.39 is 0 Å². The van der Waals surface area contributed by atoms with E-state index in [0.717, 1.165) is 12.1 Å². The van der Waals surface area contributed by atoms with E-state index in [1.165, 1.54) is 11.9 Å². The highest BCUT2D eigenvalue weighted by Gasteiger charge is 2.25. The van der Waals surface area contributed by atoms with Gasteiger partial charge in [-0.25, -0.2) is 4.98 Å². The molecule has 1 aromatic carbocycles. The van der Waals surface area contributed by atoms with Gasteiger partial charge in [-0.3, -0.25) is 9.89 Å². The van der Waals surface area contributed by atoms with E-state index >= 15 is 0 Å². The molecule has 3 rings (SSSR count). The van der Waals surface area contributed by atoms with Gasteiger partial charge in [0, 0.05) is 12.2 Å². The normalized spacial score (nSPS) is 18.8. The Balaban J connectivity index is 1.64. The minimum absolute atomic E-state index is 0.0379. The van der Waals surface area contributed by atoms with Crippen molar-refractivity contribution in [2.24, 2.45) is 5.92 Å². The van der Waals surface area contributed by atoms with Crippen molar-refractivity contribution in [2.45, 2.75) is 19.4 Å². The SMILES string of the molecule is CC(NC(=O)C1CNc2ccccc2C1)c1ncn[nH]1. The van der Waals surface area contributed by atoms with Crippen molar-refractivity contribution in [2.75, 3.05) is 11.9 Å². The number of aromatic nitrogens is 3. The lowest BCUT2D eigenvalue weighted by atomic mass is 9.93. The first kappa shape index (κ1) is 12.7. The monoisotopic (exact) mass is 271 g/mol. The Morgan fingerprint density at radius 2 is 2.30 bits per heavy atom. The number of para-hydroxylation sites is 1. The van der Waals surface area contributed by atoms with Crippen molar-refractivity contribution < 1.29 is 4.79 Å². The fourth-order valence-electron chi connectivity index (χ4n) is 2.45. The lowest BCUT2D eigenvalue weighted by molar-refractivity contribution is -0.125. The van der Waals surface area contributed by atoms with Crippen molar-refractivity contribution in [3.05, 3.63) is 42.0 Å². The number of amides is 1. The molecule has 6 heteroatoms. The van der Waals surface area contributed by atoms with Gasteiger partial charge in [0.25, 0.3) is 0 Å². The maximum absolute atomic E-state index is 12.3. The standard InChI is InChI=1S/C14H17N5O/c1-9(13-16-8-17-19-13)18-14(20)11-6-10-4-2-3-5-12(10)15-7-11/h2-5,8-9,11,15H,6-7H2,1H3,(H,18,20)(H,16,17,19). The summed E-state index contributed by atoms with van der Waals surface area (Å²) in [6, 6.07) is 7.93. The Hall–Kier alpha value is -2.37. The molecule has 1 amide bonds. The molecule has 3 N–H and O–H groups in total. The third-order valence-corrected chi connectivity index (χ3v) is 3.60. The molecule has 2 heterocycles. The number of aromatic amines is 1. The summed E-state index contributed by atoms with van der Waals surface area (Å²) in [7, 11) is 0. The van der Waals surface area contributed by atoms with Crippen molar-refractivity contribution in [3.63, 3.8) is 0 Å². The number of nitrogens with zero attached hydrogens (tertiary/aromatic N) is 2. The Morgan fingerprint density at radius 1 is 1.45 bits per heavy atom. The summed E-state index contributed by atoms with van der Waals surface area (Å²) >= 11 is 0. The van der Waals surface area contributed by atoms with E-state index in [4.69, 9.17) is 0 Å². The molecule has 0 bridgehead atoms. The van der Waals surface area contributed by atoms with Crippen LogP contribution < -0.4 is 10.6 Å². The van der Waals surface area contributed by atoms with E-state index in [0.29, 0.717) is 12.4 Å². The molecule has 6 nitrogen and oxygen atoms in total. The second kappa shape index (κ2) is 5.32. The zero-order valence-corrected chi connectivity index (χ0v) is 11.3. The highest BCUT2D eigenvalue weighted by molar-refractivity contribution is 5.81. The minimum atomic E-state index is -0.165. The maximum atomic E-state index is 12.3. The first-order valence-electron chi connectivity index (χ1n) is 6.71. The van der Waals surface area contributed by atoms with Crippen LogP contribution in [0.5, 0.6) is 0 Å². The number of H-pyrrole nitrogens is 1. The smallest absolute Gasteiger partial charge is 0.225 e. The summed E-state index contributed by atoms with van der Waals surface area (Å²) < 4.78 is 0. The molecular formula is C14H17N5O. The minimum Gasteiger partial charge on any atom is -0.384 e. The molecule has 2 aromatic rings. The van der Waals surface area contributed by atoms with Crippen LogP contribution in [-0.4, -0.2) is 27.6 Å². The first-order chi connectivity index (χ1) is 9.74. The average Bonchev–Trinajstić information content (AvgIpc) is 3.01. The van der Waals surface area contributed by atoms with Crippen molar-refractivity contribution in [1.82, 2.24) is 20.5 Å². The lowest BCUT2D eigenvalue weighted by Gasteiger charge is -2.26. The zero-order valence-electron chi connectivity index (χ0n) is 11.3.